The largest absolute Gasteiger partial charge is 0.483 e. The summed E-state index contributed by atoms with van der Waals surface area (Å²) in [6.07, 6.45) is 0.843. The molecule has 0 aliphatic heterocycles. The molecule has 2 N–H and O–H groups in total. The number of amides is 2. The van der Waals surface area contributed by atoms with Crippen molar-refractivity contribution in [3.63, 3.8) is 0 Å². The van der Waals surface area contributed by atoms with Gasteiger partial charge in [-0.15, -0.1) is 0 Å². The molecule has 0 bridgehead atoms. The van der Waals surface area contributed by atoms with Crippen molar-refractivity contribution in [1.29, 1.82) is 0 Å². The van der Waals surface area contributed by atoms with Gasteiger partial charge in [-0.1, -0.05) is 24.3 Å². The Morgan fingerprint density at radius 2 is 1.72 bits per heavy atom. The van der Waals surface area contributed by atoms with Crippen LogP contribution in [0, 0.1) is 5.82 Å². The van der Waals surface area contributed by atoms with Crippen LogP contribution in [0.2, 0.25) is 0 Å². The van der Waals surface area contributed by atoms with E-state index in [1.807, 2.05) is 4.72 Å². The third-order valence-electron chi connectivity index (χ3n) is 2.92. The van der Waals surface area contributed by atoms with E-state index < -0.39 is 34.3 Å². The van der Waals surface area contributed by atoms with Crippen LogP contribution in [0.5, 0.6) is 5.75 Å². The maximum atomic E-state index is 13.5. The number of carbonyl (C=O) groups excluding carboxylic acids is 2. The van der Waals surface area contributed by atoms with Crippen molar-refractivity contribution in [2.75, 3.05) is 18.2 Å². The lowest BCUT2D eigenvalue weighted by molar-refractivity contribution is -0.118. The molecule has 0 spiro atoms. The number of nitrogens with one attached hydrogen (secondary N) is 2. The van der Waals surface area contributed by atoms with E-state index in [0.29, 0.717) is 0 Å². The standard InChI is InChI=1S/C16H15FN2O5S/c1-25(22,23)19-16(21)11-6-2-5-9-14(11)24-10-15(20)18-13-8-4-3-7-12(13)17/h2-9H,10H2,1H3,(H,18,20)(H,19,21). The molecule has 0 atom stereocenters. The van der Waals surface area contributed by atoms with Crippen molar-refractivity contribution in [3.8, 4) is 5.75 Å². The van der Waals surface area contributed by atoms with Gasteiger partial charge >= 0.3 is 0 Å². The number of hydrogen-bond acceptors (Lipinski definition) is 5. The van der Waals surface area contributed by atoms with Crippen LogP contribution in [0.15, 0.2) is 48.5 Å². The molecule has 9 heteroatoms. The number of sulfonamides is 1. The van der Waals surface area contributed by atoms with Crippen molar-refractivity contribution >= 4 is 27.5 Å². The lowest BCUT2D eigenvalue weighted by Crippen LogP contribution is -2.30. The van der Waals surface area contributed by atoms with E-state index in [4.69, 9.17) is 4.74 Å². The van der Waals surface area contributed by atoms with Crippen molar-refractivity contribution in [1.82, 2.24) is 4.72 Å². The predicted molar refractivity (Wildman–Crippen MR) is 89.3 cm³/mol. The average molecular weight is 366 g/mol. The Bertz CT molecular complexity index is 899. The monoisotopic (exact) mass is 366 g/mol. The van der Waals surface area contributed by atoms with Crippen molar-refractivity contribution in [3.05, 3.63) is 59.9 Å². The van der Waals surface area contributed by atoms with E-state index in [2.05, 4.69) is 5.32 Å². The van der Waals surface area contributed by atoms with Crippen LogP contribution in [-0.4, -0.2) is 33.1 Å². The third-order valence-corrected chi connectivity index (χ3v) is 3.47. The first-order valence-electron chi connectivity index (χ1n) is 7.04. The van der Waals surface area contributed by atoms with E-state index in [0.717, 1.165) is 6.26 Å². The molecule has 25 heavy (non-hydrogen) atoms. The lowest BCUT2D eigenvalue weighted by atomic mass is 10.2. The number of halogens is 1. The number of anilines is 1. The van der Waals surface area contributed by atoms with Gasteiger partial charge < -0.3 is 10.1 Å². The molecule has 132 valence electrons. The van der Waals surface area contributed by atoms with Gasteiger partial charge in [0, 0.05) is 0 Å². The first kappa shape index (κ1) is 18.4. The van der Waals surface area contributed by atoms with Crippen LogP contribution in [0.3, 0.4) is 0 Å². The molecule has 2 aromatic carbocycles. The second-order valence-electron chi connectivity index (χ2n) is 5.02. The maximum absolute atomic E-state index is 13.5. The van der Waals surface area contributed by atoms with Gasteiger partial charge in [-0.3, -0.25) is 9.59 Å². The summed E-state index contributed by atoms with van der Waals surface area (Å²) in [6, 6.07) is 11.5. The first-order chi connectivity index (χ1) is 11.8. The molecular formula is C16H15FN2O5S. The Morgan fingerprint density at radius 3 is 2.40 bits per heavy atom. The van der Waals surface area contributed by atoms with E-state index in [9.17, 15) is 22.4 Å². The average Bonchev–Trinajstić information content (AvgIpc) is 2.54. The summed E-state index contributed by atoms with van der Waals surface area (Å²) in [5, 5.41) is 2.33. The van der Waals surface area contributed by atoms with Crippen LogP contribution in [0.4, 0.5) is 10.1 Å². The third kappa shape index (κ3) is 5.57. The normalized spacial score (nSPS) is 10.8. The molecule has 0 unspecified atom stereocenters. The summed E-state index contributed by atoms with van der Waals surface area (Å²) in [7, 11) is -3.74. The SMILES string of the molecule is CS(=O)(=O)NC(=O)c1ccccc1OCC(=O)Nc1ccccc1F. The van der Waals surface area contributed by atoms with Crippen LogP contribution >= 0.6 is 0 Å². The Balaban J connectivity index is 2.05. The topological polar surface area (TPSA) is 102 Å². The second-order valence-corrected chi connectivity index (χ2v) is 6.76. The molecule has 2 amide bonds. The quantitative estimate of drug-likeness (QED) is 0.807. The number of para-hydroxylation sites is 2. The van der Waals surface area contributed by atoms with Gasteiger partial charge in [-0.25, -0.2) is 17.5 Å². The number of benzene rings is 2. The molecule has 2 aromatic rings. The van der Waals surface area contributed by atoms with Gasteiger partial charge in [0.15, 0.2) is 6.61 Å². The summed E-state index contributed by atoms with van der Waals surface area (Å²) in [4.78, 5) is 23.8. The Morgan fingerprint density at radius 1 is 1.08 bits per heavy atom. The summed E-state index contributed by atoms with van der Waals surface area (Å²) >= 11 is 0. The van der Waals surface area contributed by atoms with Gasteiger partial charge in [0.05, 0.1) is 17.5 Å². The molecule has 0 aliphatic rings. The van der Waals surface area contributed by atoms with Crippen LogP contribution in [0.1, 0.15) is 10.4 Å². The van der Waals surface area contributed by atoms with Gasteiger partial charge in [-0.2, -0.15) is 0 Å². The molecule has 0 aromatic heterocycles. The van der Waals surface area contributed by atoms with Crippen molar-refractivity contribution < 1.29 is 27.1 Å². The highest BCUT2D eigenvalue weighted by Crippen LogP contribution is 2.18. The molecule has 0 saturated heterocycles. The van der Waals surface area contributed by atoms with E-state index in [-0.39, 0.29) is 17.0 Å². The minimum Gasteiger partial charge on any atom is -0.483 e. The van der Waals surface area contributed by atoms with Crippen molar-refractivity contribution in [2.24, 2.45) is 0 Å². The zero-order chi connectivity index (χ0) is 18.4. The predicted octanol–water partition coefficient (Wildman–Crippen LogP) is 1.53. The molecule has 0 saturated carbocycles. The van der Waals surface area contributed by atoms with Crippen LogP contribution in [-0.2, 0) is 14.8 Å². The van der Waals surface area contributed by atoms with Gasteiger partial charge in [0.25, 0.3) is 11.8 Å². The summed E-state index contributed by atoms with van der Waals surface area (Å²) in [5.74, 6) is -2.09. The number of hydrogen-bond donors (Lipinski definition) is 2. The van der Waals surface area contributed by atoms with Gasteiger partial charge in [0.2, 0.25) is 10.0 Å². The summed E-state index contributed by atoms with van der Waals surface area (Å²) in [5.41, 5.74) is -0.0502. The minimum absolute atomic E-state index is 0.000737. The fourth-order valence-electron chi connectivity index (χ4n) is 1.90. The molecule has 0 radical (unpaired) electrons. The highest BCUT2D eigenvalue weighted by Gasteiger charge is 2.16. The molecule has 0 fully saturated rings. The van der Waals surface area contributed by atoms with Crippen LogP contribution < -0.4 is 14.8 Å². The van der Waals surface area contributed by atoms with Crippen molar-refractivity contribution in [2.45, 2.75) is 0 Å². The first-order valence-corrected chi connectivity index (χ1v) is 8.94. The summed E-state index contributed by atoms with van der Waals surface area (Å²) in [6.45, 7) is -0.489. The van der Waals surface area contributed by atoms with E-state index >= 15 is 0 Å². The molecule has 7 nitrogen and oxygen atoms in total. The van der Waals surface area contributed by atoms with Crippen LogP contribution in [0.25, 0.3) is 0 Å². The highest BCUT2D eigenvalue weighted by atomic mass is 32.2. The summed E-state index contributed by atoms with van der Waals surface area (Å²) < 4.78 is 42.9. The zero-order valence-corrected chi connectivity index (χ0v) is 14.0. The molecule has 2 rings (SSSR count). The molecular weight excluding hydrogens is 351 g/mol. The number of carbonyl (C=O) groups is 2. The minimum atomic E-state index is -3.74. The Labute approximate surface area is 143 Å². The van der Waals surface area contributed by atoms with E-state index in [1.54, 1.807) is 12.1 Å². The zero-order valence-electron chi connectivity index (χ0n) is 13.2. The smallest absolute Gasteiger partial charge is 0.268 e. The second kappa shape index (κ2) is 7.75. The van der Waals surface area contributed by atoms with Gasteiger partial charge in [-0.05, 0) is 24.3 Å². The molecule has 0 heterocycles. The lowest BCUT2D eigenvalue weighted by Gasteiger charge is -2.11. The molecule has 0 aliphatic carbocycles. The van der Waals surface area contributed by atoms with E-state index in [1.165, 1.54) is 36.4 Å². The number of ether oxygens (including phenoxy) is 1. The Kier molecular flexibility index (Phi) is 5.71. The highest BCUT2D eigenvalue weighted by molar-refractivity contribution is 7.89. The fourth-order valence-corrected chi connectivity index (χ4v) is 2.34. The Hall–Kier alpha value is -2.94. The van der Waals surface area contributed by atoms with Gasteiger partial charge in [0.1, 0.15) is 11.6 Å². The number of rotatable bonds is 6. The fraction of sp³-hybridized carbons (Fsp3) is 0.125. The maximum Gasteiger partial charge on any atom is 0.268 e.